The van der Waals surface area contributed by atoms with Gasteiger partial charge in [-0.25, -0.2) is 4.79 Å². The summed E-state index contributed by atoms with van der Waals surface area (Å²) >= 11 is 0. The maximum Gasteiger partial charge on any atom is 0.339 e. The zero-order valence-corrected chi connectivity index (χ0v) is 10.7. The van der Waals surface area contributed by atoms with E-state index in [1.165, 1.54) is 18.2 Å². The molecule has 1 unspecified atom stereocenters. The fourth-order valence-corrected chi connectivity index (χ4v) is 1.58. The Labute approximate surface area is 111 Å². The average molecular weight is 266 g/mol. The summed E-state index contributed by atoms with van der Waals surface area (Å²) in [5.41, 5.74) is 5.74. The van der Waals surface area contributed by atoms with Gasteiger partial charge in [0.1, 0.15) is 11.3 Å². The summed E-state index contributed by atoms with van der Waals surface area (Å²) < 4.78 is 0. The zero-order chi connectivity index (χ0) is 14.4. The van der Waals surface area contributed by atoms with Gasteiger partial charge in [-0.15, -0.1) is 0 Å². The van der Waals surface area contributed by atoms with Gasteiger partial charge in [0.2, 0.25) is 5.91 Å². The molecule has 0 aliphatic rings. The lowest BCUT2D eigenvalue weighted by atomic mass is 10.1. The number of unbranched alkanes of at least 4 members (excludes halogenated alkanes) is 1. The van der Waals surface area contributed by atoms with Crippen LogP contribution in [0.3, 0.4) is 0 Å². The van der Waals surface area contributed by atoms with Crippen molar-refractivity contribution in [1.82, 2.24) is 0 Å². The van der Waals surface area contributed by atoms with Gasteiger partial charge in [-0.3, -0.25) is 4.79 Å². The average Bonchev–Trinajstić information content (AvgIpc) is 2.37. The summed E-state index contributed by atoms with van der Waals surface area (Å²) in [6.07, 6.45) is 2.38. The van der Waals surface area contributed by atoms with E-state index in [1.54, 1.807) is 0 Å². The fourth-order valence-electron chi connectivity index (χ4n) is 1.58. The van der Waals surface area contributed by atoms with E-state index in [0.29, 0.717) is 12.1 Å². The Morgan fingerprint density at radius 1 is 1.42 bits per heavy atom. The summed E-state index contributed by atoms with van der Waals surface area (Å²) in [6, 6.07) is 3.22. The van der Waals surface area contributed by atoms with Crippen LogP contribution in [0.15, 0.2) is 18.2 Å². The largest absolute Gasteiger partial charge is 0.507 e. The van der Waals surface area contributed by atoms with Gasteiger partial charge in [-0.1, -0.05) is 19.8 Å². The fraction of sp³-hybridized carbons (Fsp3) is 0.385. The Morgan fingerprint density at radius 3 is 2.68 bits per heavy atom. The highest BCUT2D eigenvalue weighted by atomic mass is 16.4. The van der Waals surface area contributed by atoms with Crippen molar-refractivity contribution in [2.75, 3.05) is 5.32 Å². The van der Waals surface area contributed by atoms with Crippen molar-refractivity contribution in [2.45, 2.75) is 32.2 Å². The first kappa shape index (κ1) is 15.0. The molecule has 6 heteroatoms. The lowest BCUT2D eigenvalue weighted by Crippen LogP contribution is -2.35. The van der Waals surface area contributed by atoms with E-state index in [0.717, 1.165) is 12.8 Å². The molecule has 6 nitrogen and oxygen atoms in total. The van der Waals surface area contributed by atoms with E-state index in [2.05, 4.69) is 5.32 Å². The second-order valence-electron chi connectivity index (χ2n) is 4.28. The summed E-state index contributed by atoms with van der Waals surface area (Å²) in [4.78, 5) is 22.6. The minimum absolute atomic E-state index is 0.264. The number of nitrogens with two attached hydrogens (primary N) is 1. The zero-order valence-electron chi connectivity index (χ0n) is 10.7. The normalized spacial score (nSPS) is 11.9. The number of benzene rings is 1. The monoisotopic (exact) mass is 266 g/mol. The van der Waals surface area contributed by atoms with Gasteiger partial charge < -0.3 is 21.3 Å². The number of phenols is 1. The van der Waals surface area contributed by atoms with Crippen molar-refractivity contribution >= 4 is 17.6 Å². The minimum Gasteiger partial charge on any atom is -0.507 e. The highest BCUT2D eigenvalue weighted by molar-refractivity contribution is 5.97. The van der Waals surface area contributed by atoms with Gasteiger partial charge in [-0.2, -0.15) is 0 Å². The van der Waals surface area contributed by atoms with Crippen LogP contribution in [0.5, 0.6) is 5.75 Å². The number of carbonyl (C=O) groups is 2. The minimum atomic E-state index is -1.26. The summed E-state index contributed by atoms with van der Waals surface area (Å²) in [6.45, 7) is 2.00. The van der Waals surface area contributed by atoms with E-state index in [4.69, 9.17) is 10.8 Å². The van der Waals surface area contributed by atoms with E-state index >= 15 is 0 Å². The molecule has 0 aliphatic carbocycles. The Kier molecular flexibility index (Phi) is 5.32. The Bertz CT molecular complexity index is 474. The van der Waals surface area contributed by atoms with Crippen molar-refractivity contribution in [2.24, 2.45) is 5.73 Å². The molecule has 0 saturated carbocycles. The number of hydrogen-bond donors (Lipinski definition) is 4. The highest BCUT2D eigenvalue weighted by Gasteiger charge is 2.15. The van der Waals surface area contributed by atoms with Gasteiger partial charge in [-0.05, 0) is 24.6 Å². The molecular weight excluding hydrogens is 248 g/mol. The number of hydrogen-bond acceptors (Lipinski definition) is 4. The molecule has 0 bridgehead atoms. The van der Waals surface area contributed by atoms with Gasteiger partial charge in [0.25, 0.3) is 0 Å². The third-order valence-electron chi connectivity index (χ3n) is 2.70. The molecule has 0 aromatic heterocycles. The second-order valence-corrected chi connectivity index (χ2v) is 4.28. The van der Waals surface area contributed by atoms with E-state index in [-0.39, 0.29) is 17.2 Å². The Morgan fingerprint density at radius 2 is 2.11 bits per heavy atom. The highest BCUT2D eigenvalue weighted by Crippen LogP contribution is 2.21. The number of nitrogens with one attached hydrogen (secondary N) is 1. The lowest BCUT2D eigenvalue weighted by molar-refractivity contribution is -0.117. The molecule has 0 saturated heterocycles. The first-order chi connectivity index (χ1) is 8.95. The number of aromatic hydroxyl groups is 1. The van der Waals surface area contributed by atoms with E-state index < -0.39 is 12.0 Å². The summed E-state index contributed by atoms with van der Waals surface area (Å²) in [7, 11) is 0. The van der Waals surface area contributed by atoms with Crippen LogP contribution in [0, 0.1) is 0 Å². The van der Waals surface area contributed by atoms with E-state index in [9.17, 15) is 14.7 Å². The van der Waals surface area contributed by atoms with Crippen LogP contribution < -0.4 is 11.1 Å². The number of carboxylic acids is 1. The SMILES string of the molecule is CCCCC(N)C(=O)Nc1ccc(O)c(C(=O)O)c1. The number of carboxylic acid groups (broad SMARTS) is 1. The van der Waals surface area contributed by atoms with Crippen molar-refractivity contribution in [3.05, 3.63) is 23.8 Å². The number of carbonyl (C=O) groups excluding carboxylic acids is 1. The topological polar surface area (TPSA) is 113 Å². The van der Waals surface area contributed by atoms with Crippen molar-refractivity contribution in [1.29, 1.82) is 0 Å². The van der Waals surface area contributed by atoms with Crippen molar-refractivity contribution < 1.29 is 19.8 Å². The number of aromatic carboxylic acids is 1. The molecule has 0 spiro atoms. The van der Waals surface area contributed by atoms with Crippen LogP contribution in [-0.4, -0.2) is 28.1 Å². The van der Waals surface area contributed by atoms with Crippen LogP contribution in [0.1, 0.15) is 36.5 Å². The third kappa shape index (κ3) is 4.26. The van der Waals surface area contributed by atoms with Gasteiger partial charge in [0.05, 0.1) is 6.04 Å². The molecule has 5 N–H and O–H groups in total. The molecule has 104 valence electrons. The molecular formula is C13H18N2O4. The molecule has 1 rings (SSSR count). The first-order valence-corrected chi connectivity index (χ1v) is 6.08. The standard InChI is InChI=1S/C13H18N2O4/c1-2-3-4-10(14)12(17)15-8-5-6-11(16)9(7-8)13(18)19/h5-7,10,16H,2-4,14H2,1H3,(H,15,17)(H,18,19). The molecule has 0 aliphatic heterocycles. The molecule has 0 radical (unpaired) electrons. The summed E-state index contributed by atoms with van der Waals surface area (Å²) in [5, 5.41) is 20.7. The summed E-state index contributed by atoms with van der Waals surface area (Å²) in [5.74, 6) is -1.97. The van der Waals surface area contributed by atoms with Crippen molar-refractivity contribution in [3.63, 3.8) is 0 Å². The molecule has 1 atom stereocenters. The van der Waals surface area contributed by atoms with Crippen LogP contribution in [-0.2, 0) is 4.79 Å². The quantitative estimate of drug-likeness (QED) is 0.583. The van der Waals surface area contributed by atoms with Crippen LogP contribution in [0.4, 0.5) is 5.69 Å². The number of amides is 1. The molecule has 0 fully saturated rings. The Balaban J connectivity index is 2.74. The first-order valence-electron chi connectivity index (χ1n) is 6.08. The van der Waals surface area contributed by atoms with E-state index in [1.807, 2.05) is 6.92 Å². The predicted molar refractivity (Wildman–Crippen MR) is 71.2 cm³/mol. The molecule has 19 heavy (non-hydrogen) atoms. The maximum absolute atomic E-state index is 11.7. The van der Waals surface area contributed by atoms with Crippen LogP contribution >= 0.6 is 0 Å². The third-order valence-corrected chi connectivity index (χ3v) is 2.70. The van der Waals surface area contributed by atoms with Crippen molar-refractivity contribution in [3.8, 4) is 5.75 Å². The van der Waals surface area contributed by atoms with Gasteiger partial charge in [0, 0.05) is 5.69 Å². The van der Waals surface area contributed by atoms with Crippen LogP contribution in [0.2, 0.25) is 0 Å². The van der Waals surface area contributed by atoms with Crippen LogP contribution in [0.25, 0.3) is 0 Å². The molecule has 1 aromatic rings. The molecule has 1 amide bonds. The smallest absolute Gasteiger partial charge is 0.339 e. The molecule has 0 heterocycles. The maximum atomic E-state index is 11.7. The number of rotatable bonds is 6. The lowest BCUT2D eigenvalue weighted by Gasteiger charge is -2.12. The van der Waals surface area contributed by atoms with Gasteiger partial charge >= 0.3 is 5.97 Å². The second kappa shape index (κ2) is 6.75. The predicted octanol–water partition coefficient (Wildman–Crippen LogP) is 1.55. The van der Waals surface area contributed by atoms with Gasteiger partial charge in [0.15, 0.2) is 0 Å². The molecule has 1 aromatic carbocycles. The Hall–Kier alpha value is -2.08. The number of anilines is 1.